The molecule has 1 heterocycles. The SMILES string of the molecule is O=C(O)CCN1CCOc2ccc(I)cc2C1=O. The van der Waals surface area contributed by atoms with Gasteiger partial charge in [0, 0.05) is 10.1 Å². The number of amides is 1. The molecule has 0 bridgehead atoms. The van der Waals surface area contributed by atoms with Gasteiger partial charge in [-0.25, -0.2) is 0 Å². The fraction of sp³-hybridized carbons (Fsp3) is 0.333. The van der Waals surface area contributed by atoms with Crippen LogP contribution < -0.4 is 4.74 Å². The number of carboxylic acid groups (broad SMARTS) is 1. The highest BCUT2D eigenvalue weighted by atomic mass is 127. The third kappa shape index (κ3) is 2.92. The van der Waals surface area contributed by atoms with Crippen LogP contribution in [0.15, 0.2) is 18.2 Å². The highest BCUT2D eigenvalue weighted by molar-refractivity contribution is 14.1. The summed E-state index contributed by atoms with van der Waals surface area (Å²) in [6.07, 6.45) is -0.0506. The predicted molar refractivity (Wildman–Crippen MR) is 72.8 cm³/mol. The normalized spacial score (nSPS) is 14.7. The first-order valence-electron chi connectivity index (χ1n) is 5.51. The first kappa shape index (κ1) is 13.1. The van der Waals surface area contributed by atoms with E-state index in [4.69, 9.17) is 9.84 Å². The molecule has 96 valence electrons. The monoisotopic (exact) mass is 361 g/mol. The summed E-state index contributed by atoms with van der Waals surface area (Å²) in [6, 6.07) is 5.41. The molecule has 1 aromatic carbocycles. The lowest BCUT2D eigenvalue weighted by atomic mass is 10.2. The molecule has 1 amide bonds. The van der Waals surface area contributed by atoms with Crippen LogP contribution in [-0.2, 0) is 4.79 Å². The maximum absolute atomic E-state index is 12.3. The van der Waals surface area contributed by atoms with E-state index in [0.29, 0.717) is 24.5 Å². The summed E-state index contributed by atoms with van der Waals surface area (Å²) >= 11 is 2.13. The Kier molecular flexibility index (Phi) is 4.05. The number of halogens is 1. The van der Waals surface area contributed by atoms with E-state index in [2.05, 4.69) is 22.6 Å². The number of ether oxygens (including phenoxy) is 1. The van der Waals surface area contributed by atoms with Crippen molar-refractivity contribution in [2.24, 2.45) is 0 Å². The number of carboxylic acids is 1. The molecule has 0 fully saturated rings. The smallest absolute Gasteiger partial charge is 0.305 e. The van der Waals surface area contributed by atoms with Crippen LogP contribution in [0, 0.1) is 3.57 Å². The number of hydrogen-bond donors (Lipinski definition) is 1. The second-order valence-electron chi connectivity index (χ2n) is 3.92. The van der Waals surface area contributed by atoms with Gasteiger partial charge < -0.3 is 14.7 Å². The predicted octanol–water partition coefficient (Wildman–Crippen LogP) is 1.60. The minimum atomic E-state index is -0.907. The summed E-state index contributed by atoms with van der Waals surface area (Å²) in [4.78, 5) is 24.3. The average molecular weight is 361 g/mol. The van der Waals surface area contributed by atoms with Crippen molar-refractivity contribution in [1.82, 2.24) is 4.90 Å². The number of carbonyl (C=O) groups is 2. The van der Waals surface area contributed by atoms with Crippen LogP contribution in [0.4, 0.5) is 0 Å². The van der Waals surface area contributed by atoms with Crippen molar-refractivity contribution >= 4 is 34.5 Å². The number of aliphatic carboxylic acids is 1. The summed E-state index contributed by atoms with van der Waals surface area (Å²) in [7, 11) is 0. The Balaban J connectivity index is 2.22. The molecule has 6 heteroatoms. The van der Waals surface area contributed by atoms with Crippen molar-refractivity contribution in [1.29, 1.82) is 0 Å². The maximum atomic E-state index is 12.3. The Labute approximate surface area is 118 Å². The van der Waals surface area contributed by atoms with Crippen molar-refractivity contribution in [2.75, 3.05) is 19.7 Å². The van der Waals surface area contributed by atoms with Gasteiger partial charge in [0.15, 0.2) is 0 Å². The van der Waals surface area contributed by atoms with E-state index in [0.717, 1.165) is 3.57 Å². The Hall–Kier alpha value is -1.31. The van der Waals surface area contributed by atoms with Gasteiger partial charge in [0.2, 0.25) is 0 Å². The van der Waals surface area contributed by atoms with Crippen LogP contribution in [-0.4, -0.2) is 41.6 Å². The second-order valence-corrected chi connectivity index (χ2v) is 5.17. The standard InChI is InChI=1S/C12H12INO4/c13-8-1-2-10-9(7-8)12(17)14(5-6-18-10)4-3-11(15)16/h1-2,7H,3-6H2,(H,15,16). The third-order valence-electron chi connectivity index (χ3n) is 2.67. The number of benzene rings is 1. The number of rotatable bonds is 3. The van der Waals surface area contributed by atoms with Gasteiger partial charge in [-0.15, -0.1) is 0 Å². The zero-order valence-electron chi connectivity index (χ0n) is 9.56. The van der Waals surface area contributed by atoms with Crippen LogP contribution in [0.1, 0.15) is 16.8 Å². The second kappa shape index (κ2) is 5.55. The zero-order valence-corrected chi connectivity index (χ0v) is 11.7. The number of fused-ring (bicyclic) bond motifs is 1. The Bertz CT molecular complexity index is 489. The van der Waals surface area contributed by atoms with Crippen LogP contribution in [0.2, 0.25) is 0 Å². The number of hydrogen-bond acceptors (Lipinski definition) is 3. The molecule has 1 aliphatic heterocycles. The topological polar surface area (TPSA) is 66.8 Å². The van der Waals surface area contributed by atoms with Crippen molar-refractivity contribution in [3.05, 3.63) is 27.3 Å². The van der Waals surface area contributed by atoms with Crippen molar-refractivity contribution in [2.45, 2.75) is 6.42 Å². The molecular weight excluding hydrogens is 349 g/mol. The summed E-state index contributed by atoms with van der Waals surface area (Å²) in [5.41, 5.74) is 0.504. The zero-order chi connectivity index (χ0) is 13.1. The molecular formula is C12H12INO4. The molecule has 0 unspecified atom stereocenters. The minimum Gasteiger partial charge on any atom is -0.491 e. The lowest BCUT2D eigenvalue weighted by Gasteiger charge is -2.18. The molecule has 0 aliphatic carbocycles. The highest BCUT2D eigenvalue weighted by Gasteiger charge is 2.23. The Morgan fingerprint density at radius 2 is 2.28 bits per heavy atom. The molecule has 5 nitrogen and oxygen atoms in total. The summed E-state index contributed by atoms with van der Waals surface area (Å²) in [5, 5.41) is 8.67. The van der Waals surface area contributed by atoms with Crippen LogP contribution >= 0.6 is 22.6 Å². The van der Waals surface area contributed by atoms with Gasteiger partial charge in [-0.3, -0.25) is 9.59 Å². The fourth-order valence-corrected chi connectivity index (χ4v) is 2.27. The van der Waals surface area contributed by atoms with Gasteiger partial charge in [-0.2, -0.15) is 0 Å². The van der Waals surface area contributed by atoms with E-state index in [9.17, 15) is 9.59 Å². The highest BCUT2D eigenvalue weighted by Crippen LogP contribution is 2.25. The fourth-order valence-electron chi connectivity index (χ4n) is 1.78. The van der Waals surface area contributed by atoms with E-state index < -0.39 is 5.97 Å². The molecule has 0 radical (unpaired) electrons. The molecule has 0 saturated carbocycles. The van der Waals surface area contributed by atoms with Gasteiger partial charge in [-0.1, -0.05) is 0 Å². The van der Waals surface area contributed by atoms with Crippen LogP contribution in [0.5, 0.6) is 5.75 Å². The van der Waals surface area contributed by atoms with Gasteiger partial charge in [-0.05, 0) is 40.8 Å². The largest absolute Gasteiger partial charge is 0.491 e. The Morgan fingerprint density at radius 3 is 3.00 bits per heavy atom. The maximum Gasteiger partial charge on any atom is 0.305 e. The van der Waals surface area contributed by atoms with Crippen molar-refractivity contribution in [3.63, 3.8) is 0 Å². The van der Waals surface area contributed by atoms with Gasteiger partial charge in [0.05, 0.1) is 18.5 Å². The molecule has 1 aliphatic rings. The summed E-state index contributed by atoms with van der Waals surface area (Å²) < 4.78 is 6.45. The molecule has 1 N–H and O–H groups in total. The molecule has 0 spiro atoms. The summed E-state index contributed by atoms with van der Waals surface area (Å²) in [5.74, 6) is -0.503. The number of carbonyl (C=O) groups excluding carboxylic acids is 1. The first-order chi connectivity index (χ1) is 8.58. The average Bonchev–Trinajstić information content (AvgIpc) is 2.47. The van der Waals surface area contributed by atoms with Gasteiger partial charge in [0.25, 0.3) is 5.91 Å². The first-order valence-corrected chi connectivity index (χ1v) is 6.59. The van der Waals surface area contributed by atoms with Gasteiger partial charge in [0.1, 0.15) is 12.4 Å². The minimum absolute atomic E-state index is 0.0506. The molecule has 0 atom stereocenters. The Morgan fingerprint density at radius 1 is 1.50 bits per heavy atom. The van der Waals surface area contributed by atoms with E-state index in [-0.39, 0.29) is 18.9 Å². The van der Waals surface area contributed by atoms with E-state index in [1.807, 2.05) is 6.07 Å². The van der Waals surface area contributed by atoms with E-state index in [1.165, 1.54) is 4.90 Å². The molecule has 0 aromatic heterocycles. The number of nitrogens with zero attached hydrogens (tertiary/aromatic N) is 1. The molecule has 2 rings (SSSR count). The van der Waals surface area contributed by atoms with Crippen LogP contribution in [0.3, 0.4) is 0 Å². The third-order valence-corrected chi connectivity index (χ3v) is 3.34. The van der Waals surface area contributed by atoms with Crippen molar-refractivity contribution in [3.8, 4) is 5.75 Å². The molecule has 1 aromatic rings. The quantitative estimate of drug-likeness (QED) is 0.831. The van der Waals surface area contributed by atoms with E-state index in [1.54, 1.807) is 12.1 Å². The molecule has 0 saturated heterocycles. The lowest BCUT2D eigenvalue weighted by molar-refractivity contribution is -0.137. The lowest BCUT2D eigenvalue weighted by Crippen LogP contribution is -2.34. The van der Waals surface area contributed by atoms with E-state index >= 15 is 0 Å². The summed E-state index contributed by atoms with van der Waals surface area (Å²) in [6.45, 7) is 1.01. The molecule has 18 heavy (non-hydrogen) atoms. The van der Waals surface area contributed by atoms with Crippen LogP contribution in [0.25, 0.3) is 0 Å². The van der Waals surface area contributed by atoms with Crippen molar-refractivity contribution < 1.29 is 19.4 Å². The van der Waals surface area contributed by atoms with Gasteiger partial charge >= 0.3 is 5.97 Å².